The van der Waals surface area contributed by atoms with Crippen molar-refractivity contribution in [1.29, 1.82) is 0 Å². The van der Waals surface area contributed by atoms with Crippen molar-refractivity contribution in [3.63, 3.8) is 0 Å². The Bertz CT molecular complexity index is 391. The summed E-state index contributed by atoms with van der Waals surface area (Å²) in [7, 11) is 0. The smallest absolute Gasteiger partial charge is 0.224 e. The Labute approximate surface area is 101 Å². The van der Waals surface area contributed by atoms with Crippen molar-refractivity contribution in [2.45, 2.75) is 32.1 Å². The molecule has 2 rings (SSSR count). The largest absolute Gasteiger partial charge is 0.326 e. The molecule has 0 unspecified atom stereocenters. The molecule has 1 aromatic carbocycles. The number of carbonyl (C=O) groups is 2. The van der Waals surface area contributed by atoms with Crippen LogP contribution in [-0.2, 0) is 4.79 Å². The second-order valence-corrected chi connectivity index (χ2v) is 4.64. The summed E-state index contributed by atoms with van der Waals surface area (Å²) in [4.78, 5) is 22.2. The molecule has 0 bridgehead atoms. The van der Waals surface area contributed by atoms with E-state index < -0.39 is 0 Å². The third-order valence-electron chi connectivity index (χ3n) is 3.28. The average Bonchev–Trinajstić information content (AvgIpc) is 2.82. The fraction of sp³-hybridized carbons (Fsp3) is 0.429. The van der Waals surface area contributed by atoms with E-state index in [9.17, 15) is 9.59 Å². The third-order valence-corrected chi connectivity index (χ3v) is 3.28. The number of amides is 1. The van der Waals surface area contributed by atoms with Gasteiger partial charge in [-0.15, -0.1) is 0 Å². The first-order chi connectivity index (χ1) is 8.28. The van der Waals surface area contributed by atoms with Crippen molar-refractivity contribution in [1.82, 2.24) is 0 Å². The van der Waals surface area contributed by atoms with E-state index in [1.165, 1.54) is 25.7 Å². The lowest BCUT2D eigenvalue weighted by atomic mass is 10.0. The standard InChI is InChI=1S/C14H17NO2/c16-10-12-5-7-13(8-6-12)15-14(17)9-11-3-1-2-4-11/h5-8,10-11H,1-4,9H2,(H,15,17). The minimum absolute atomic E-state index is 0.0794. The number of hydrogen-bond acceptors (Lipinski definition) is 2. The quantitative estimate of drug-likeness (QED) is 0.809. The molecule has 1 amide bonds. The van der Waals surface area contributed by atoms with Crippen molar-refractivity contribution in [2.24, 2.45) is 5.92 Å². The van der Waals surface area contributed by atoms with Gasteiger partial charge in [0.05, 0.1) is 0 Å². The molecule has 1 aliphatic rings. The number of nitrogens with one attached hydrogen (secondary N) is 1. The molecule has 90 valence electrons. The van der Waals surface area contributed by atoms with E-state index in [2.05, 4.69) is 5.32 Å². The van der Waals surface area contributed by atoms with E-state index in [0.717, 1.165) is 12.0 Å². The monoisotopic (exact) mass is 231 g/mol. The van der Waals surface area contributed by atoms with Crippen LogP contribution in [0.2, 0.25) is 0 Å². The first-order valence-electron chi connectivity index (χ1n) is 6.13. The molecule has 0 aromatic heterocycles. The van der Waals surface area contributed by atoms with Gasteiger partial charge in [-0.25, -0.2) is 0 Å². The van der Waals surface area contributed by atoms with Gasteiger partial charge in [0, 0.05) is 17.7 Å². The van der Waals surface area contributed by atoms with Crippen molar-refractivity contribution in [3.05, 3.63) is 29.8 Å². The van der Waals surface area contributed by atoms with Crippen molar-refractivity contribution >= 4 is 17.9 Å². The number of benzene rings is 1. The Hall–Kier alpha value is -1.64. The molecule has 0 spiro atoms. The van der Waals surface area contributed by atoms with Crippen LogP contribution < -0.4 is 5.32 Å². The fourth-order valence-corrected chi connectivity index (χ4v) is 2.33. The van der Waals surface area contributed by atoms with E-state index >= 15 is 0 Å². The summed E-state index contributed by atoms with van der Waals surface area (Å²) >= 11 is 0. The summed E-state index contributed by atoms with van der Waals surface area (Å²) in [5.41, 5.74) is 1.39. The molecule has 1 aliphatic carbocycles. The summed E-state index contributed by atoms with van der Waals surface area (Å²) in [6, 6.07) is 6.93. The number of carbonyl (C=O) groups excluding carboxylic acids is 2. The summed E-state index contributed by atoms with van der Waals surface area (Å²) in [6.07, 6.45) is 6.28. The molecule has 1 N–H and O–H groups in total. The van der Waals surface area contributed by atoms with Crippen LogP contribution in [0.1, 0.15) is 42.5 Å². The number of anilines is 1. The Morgan fingerprint density at radius 3 is 2.47 bits per heavy atom. The van der Waals surface area contributed by atoms with Crippen LogP contribution in [0, 0.1) is 5.92 Å². The first kappa shape index (κ1) is 11.8. The summed E-state index contributed by atoms with van der Waals surface area (Å²) in [5.74, 6) is 0.639. The van der Waals surface area contributed by atoms with Crippen LogP contribution in [0.15, 0.2) is 24.3 Å². The Kier molecular flexibility index (Phi) is 3.91. The van der Waals surface area contributed by atoms with Gasteiger partial charge in [-0.3, -0.25) is 9.59 Å². The van der Waals surface area contributed by atoms with Crippen LogP contribution in [0.5, 0.6) is 0 Å². The molecule has 0 aliphatic heterocycles. The molecule has 0 saturated heterocycles. The van der Waals surface area contributed by atoms with E-state index in [1.54, 1.807) is 24.3 Å². The van der Waals surface area contributed by atoms with Gasteiger partial charge >= 0.3 is 0 Å². The minimum Gasteiger partial charge on any atom is -0.326 e. The molecular weight excluding hydrogens is 214 g/mol. The SMILES string of the molecule is O=Cc1ccc(NC(=O)CC2CCCC2)cc1. The molecule has 1 aromatic rings. The first-order valence-corrected chi connectivity index (χ1v) is 6.13. The lowest BCUT2D eigenvalue weighted by Gasteiger charge is -2.09. The zero-order valence-electron chi connectivity index (χ0n) is 9.82. The highest BCUT2D eigenvalue weighted by atomic mass is 16.1. The van der Waals surface area contributed by atoms with Crippen LogP contribution in [-0.4, -0.2) is 12.2 Å². The lowest BCUT2D eigenvalue weighted by Crippen LogP contribution is -2.15. The van der Waals surface area contributed by atoms with Gasteiger partial charge in [-0.2, -0.15) is 0 Å². The molecule has 0 heterocycles. The highest BCUT2D eigenvalue weighted by molar-refractivity contribution is 5.91. The van der Waals surface area contributed by atoms with Crippen LogP contribution in [0.25, 0.3) is 0 Å². The number of rotatable bonds is 4. The Balaban J connectivity index is 1.86. The van der Waals surface area contributed by atoms with Gasteiger partial charge in [-0.05, 0) is 43.0 Å². The number of hydrogen-bond donors (Lipinski definition) is 1. The van der Waals surface area contributed by atoms with Gasteiger partial charge in [-0.1, -0.05) is 12.8 Å². The topological polar surface area (TPSA) is 46.2 Å². The van der Waals surface area contributed by atoms with Gasteiger partial charge in [0.15, 0.2) is 0 Å². The predicted octanol–water partition coefficient (Wildman–Crippen LogP) is 3.02. The highest BCUT2D eigenvalue weighted by Crippen LogP contribution is 2.27. The van der Waals surface area contributed by atoms with E-state index in [-0.39, 0.29) is 5.91 Å². The van der Waals surface area contributed by atoms with E-state index in [4.69, 9.17) is 0 Å². The third kappa shape index (κ3) is 3.41. The molecule has 17 heavy (non-hydrogen) atoms. The Morgan fingerprint density at radius 2 is 1.88 bits per heavy atom. The zero-order chi connectivity index (χ0) is 12.1. The normalized spacial score (nSPS) is 15.8. The molecule has 1 fully saturated rings. The van der Waals surface area contributed by atoms with Gasteiger partial charge in [0.1, 0.15) is 6.29 Å². The second-order valence-electron chi connectivity index (χ2n) is 4.64. The van der Waals surface area contributed by atoms with Crippen LogP contribution in [0.3, 0.4) is 0 Å². The second kappa shape index (κ2) is 5.62. The van der Waals surface area contributed by atoms with Crippen LogP contribution >= 0.6 is 0 Å². The number of aldehydes is 1. The maximum absolute atomic E-state index is 11.7. The molecule has 0 radical (unpaired) electrons. The highest BCUT2D eigenvalue weighted by Gasteiger charge is 2.18. The van der Waals surface area contributed by atoms with Crippen molar-refractivity contribution < 1.29 is 9.59 Å². The van der Waals surface area contributed by atoms with Gasteiger partial charge in [0.25, 0.3) is 0 Å². The van der Waals surface area contributed by atoms with E-state index in [0.29, 0.717) is 17.9 Å². The van der Waals surface area contributed by atoms with E-state index in [1.807, 2.05) is 0 Å². The molecule has 1 saturated carbocycles. The Morgan fingerprint density at radius 1 is 1.24 bits per heavy atom. The summed E-state index contributed by atoms with van der Waals surface area (Å²) in [6.45, 7) is 0. The average molecular weight is 231 g/mol. The van der Waals surface area contributed by atoms with Crippen molar-refractivity contribution in [2.75, 3.05) is 5.32 Å². The minimum atomic E-state index is 0.0794. The zero-order valence-corrected chi connectivity index (χ0v) is 9.82. The lowest BCUT2D eigenvalue weighted by molar-refractivity contribution is -0.117. The molecule has 3 nitrogen and oxygen atoms in total. The maximum atomic E-state index is 11.7. The maximum Gasteiger partial charge on any atom is 0.224 e. The summed E-state index contributed by atoms with van der Waals surface area (Å²) in [5, 5.41) is 2.87. The predicted molar refractivity (Wildman–Crippen MR) is 67.0 cm³/mol. The molecule has 0 atom stereocenters. The van der Waals surface area contributed by atoms with Gasteiger partial charge in [0.2, 0.25) is 5.91 Å². The molecule has 3 heteroatoms. The summed E-state index contributed by atoms with van der Waals surface area (Å²) < 4.78 is 0. The van der Waals surface area contributed by atoms with Crippen molar-refractivity contribution in [3.8, 4) is 0 Å². The fourth-order valence-electron chi connectivity index (χ4n) is 2.33. The van der Waals surface area contributed by atoms with Gasteiger partial charge < -0.3 is 5.32 Å². The van der Waals surface area contributed by atoms with Crippen LogP contribution in [0.4, 0.5) is 5.69 Å². The molecular formula is C14H17NO2.